The fraction of sp³-hybridized carbons (Fsp3) is 0.125. The second kappa shape index (κ2) is 3.77. The molecule has 3 nitrogen and oxygen atoms in total. The van der Waals surface area contributed by atoms with Gasteiger partial charge in [-0.2, -0.15) is 5.26 Å². The summed E-state index contributed by atoms with van der Waals surface area (Å²) in [5.74, 6) is 0. The normalized spacial score (nSPS) is 11.0. The van der Waals surface area contributed by atoms with Crippen molar-refractivity contribution in [2.45, 2.75) is 11.8 Å². The van der Waals surface area contributed by atoms with Gasteiger partial charge in [-0.25, -0.2) is 8.42 Å². The molecule has 0 aromatic heterocycles. The number of hydrogen-bond donors (Lipinski definition) is 0. The molecule has 0 fully saturated rings. The van der Waals surface area contributed by atoms with Gasteiger partial charge in [0.25, 0.3) is 9.05 Å². The summed E-state index contributed by atoms with van der Waals surface area (Å²) in [4.78, 5) is -0.161. The molecule has 0 radical (unpaired) electrons. The van der Waals surface area contributed by atoms with Crippen LogP contribution < -0.4 is 0 Å². The van der Waals surface area contributed by atoms with Crippen LogP contribution in [0.2, 0.25) is 5.02 Å². The quantitative estimate of drug-likeness (QED) is 0.719. The summed E-state index contributed by atoms with van der Waals surface area (Å²) in [6, 6.07) is 4.26. The van der Waals surface area contributed by atoms with Crippen LogP contribution in [0.5, 0.6) is 0 Å². The van der Waals surface area contributed by atoms with Crippen LogP contribution in [0.1, 0.15) is 11.1 Å². The molecular weight excluding hydrogens is 245 g/mol. The SMILES string of the molecule is Cc1c(Cl)cc(S(=O)(=O)Cl)cc1C#N. The van der Waals surface area contributed by atoms with E-state index in [1.165, 1.54) is 12.1 Å². The lowest BCUT2D eigenvalue weighted by molar-refractivity contribution is 0.609. The van der Waals surface area contributed by atoms with E-state index >= 15 is 0 Å². The molecule has 0 aliphatic carbocycles. The molecule has 1 rings (SSSR count). The third kappa shape index (κ3) is 2.18. The van der Waals surface area contributed by atoms with E-state index in [9.17, 15) is 8.42 Å². The largest absolute Gasteiger partial charge is 0.261 e. The van der Waals surface area contributed by atoms with Crippen LogP contribution in [-0.2, 0) is 9.05 Å². The molecular formula is C8H5Cl2NO2S. The first-order valence-corrected chi connectivity index (χ1v) is 6.20. The van der Waals surface area contributed by atoms with Crippen molar-refractivity contribution in [3.63, 3.8) is 0 Å². The van der Waals surface area contributed by atoms with Crippen molar-refractivity contribution in [1.82, 2.24) is 0 Å². The Morgan fingerprint density at radius 2 is 2.00 bits per heavy atom. The minimum Gasteiger partial charge on any atom is -0.207 e. The highest BCUT2D eigenvalue weighted by Crippen LogP contribution is 2.25. The van der Waals surface area contributed by atoms with Gasteiger partial charge in [-0.05, 0) is 24.6 Å². The minimum absolute atomic E-state index is 0.161. The highest BCUT2D eigenvalue weighted by atomic mass is 35.7. The van der Waals surface area contributed by atoms with Crippen molar-refractivity contribution in [2.24, 2.45) is 0 Å². The first-order chi connectivity index (χ1) is 6.36. The molecule has 6 heteroatoms. The highest BCUT2D eigenvalue weighted by molar-refractivity contribution is 8.13. The van der Waals surface area contributed by atoms with Gasteiger partial charge < -0.3 is 0 Å². The summed E-state index contributed by atoms with van der Waals surface area (Å²) in [5.41, 5.74) is 0.745. The van der Waals surface area contributed by atoms with Gasteiger partial charge in [0.1, 0.15) is 0 Å². The van der Waals surface area contributed by atoms with E-state index in [1.807, 2.05) is 6.07 Å². The van der Waals surface area contributed by atoms with E-state index in [-0.39, 0.29) is 15.5 Å². The van der Waals surface area contributed by atoms with Crippen LogP contribution in [0, 0.1) is 18.3 Å². The monoisotopic (exact) mass is 249 g/mol. The fourth-order valence-corrected chi connectivity index (χ4v) is 1.98. The first-order valence-electron chi connectivity index (χ1n) is 3.51. The van der Waals surface area contributed by atoms with Gasteiger partial charge in [0.2, 0.25) is 0 Å². The van der Waals surface area contributed by atoms with E-state index in [4.69, 9.17) is 27.5 Å². The van der Waals surface area contributed by atoms with Crippen molar-refractivity contribution in [3.05, 3.63) is 28.3 Å². The summed E-state index contributed by atoms with van der Waals surface area (Å²) in [6.45, 7) is 1.63. The van der Waals surface area contributed by atoms with Gasteiger partial charge in [0, 0.05) is 15.7 Å². The van der Waals surface area contributed by atoms with E-state index in [0.29, 0.717) is 5.56 Å². The Bertz CT molecular complexity index is 517. The summed E-state index contributed by atoms with van der Waals surface area (Å²) >= 11 is 5.73. The predicted molar refractivity (Wildman–Crippen MR) is 53.9 cm³/mol. The van der Waals surface area contributed by atoms with Crippen molar-refractivity contribution < 1.29 is 8.42 Å². The van der Waals surface area contributed by atoms with Gasteiger partial charge in [0.05, 0.1) is 16.5 Å². The van der Waals surface area contributed by atoms with Crippen LogP contribution in [-0.4, -0.2) is 8.42 Å². The highest BCUT2D eigenvalue weighted by Gasteiger charge is 2.14. The van der Waals surface area contributed by atoms with Crippen molar-refractivity contribution in [2.75, 3.05) is 0 Å². The maximum atomic E-state index is 11.0. The third-order valence-electron chi connectivity index (χ3n) is 1.72. The Hall–Kier alpha value is -0.760. The molecule has 0 heterocycles. The fourth-order valence-electron chi connectivity index (χ4n) is 0.911. The summed E-state index contributed by atoms with van der Waals surface area (Å²) in [7, 11) is 1.28. The molecule has 1 aromatic rings. The Balaban J connectivity index is 3.56. The molecule has 14 heavy (non-hydrogen) atoms. The molecule has 0 atom stereocenters. The number of rotatable bonds is 1. The van der Waals surface area contributed by atoms with Crippen LogP contribution >= 0.6 is 22.3 Å². The average molecular weight is 250 g/mol. The number of nitrogens with zero attached hydrogens (tertiary/aromatic N) is 1. The Morgan fingerprint density at radius 3 is 2.43 bits per heavy atom. The average Bonchev–Trinajstić information content (AvgIpc) is 2.07. The van der Waals surface area contributed by atoms with E-state index < -0.39 is 9.05 Å². The molecule has 0 aliphatic heterocycles. The van der Waals surface area contributed by atoms with Crippen molar-refractivity contribution >= 4 is 31.3 Å². The standard InChI is InChI=1S/C8H5Cl2NO2S/c1-5-6(4-11)2-7(3-8(5)9)14(10,12)13/h2-3H,1H3. The summed E-state index contributed by atoms with van der Waals surface area (Å²) in [6.07, 6.45) is 0. The molecule has 0 aliphatic rings. The molecule has 0 bridgehead atoms. The number of halogens is 2. The summed E-state index contributed by atoms with van der Waals surface area (Å²) in [5, 5.41) is 8.90. The zero-order valence-electron chi connectivity index (χ0n) is 7.08. The molecule has 0 saturated heterocycles. The molecule has 0 spiro atoms. The number of nitriles is 1. The van der Waals surface area contributed by atoms with Crippen molar-refractivity contribution in [3.8, 4) is 6.07 Å². The predicted octanol–water partition coefficient (Wildman–Crippen LogP) is 2.45. The third-order valence-corrected chi connectivity index (χ3v) is 3.45. The smallest absolute Gasteiger partial charge is 0.207 e. The minimum atomic E-state index is -3.84. The van der Waals surface area contributed by atoms with E-state index in [1.54, 1.807) is 6.92 Å². The van der Waals surface area contributed by atoms with Crippen LogP contribution in [0.4, 0.5) is 0 Å². The number of benzene rings is 1. The molecule has 0 unspecified atom stereocenters. The van der Waals surface area contributed by atoms with Gasteiger partial charge in [-0.3, -0.25) is 0 Å². The first kappa shape index (κ1) is 11.3. The number of hydrogen-bond acceptors (Lipinski definition) is 3. The van der Waals surface area contributed by atoms with Gasteiger partial charge in [-0.15, -0.1) is 0 Å². The lowest BCUT2D eigenvalue weighted by Gasteiger charge is -2.02. The Morgan fingerprint density at radius 1 is 1.43 bits per heavy atom. The van der Waals surface area contributed by atoms with Crippen LogP contribution in [0.3, 0.4) is 0 Å². The van der Waals surface area contributed by atoms with Gasteiger partial charge in [0.15, 0.2) is 0 Å². The Labute approximate surface area is 91.3 Å². The summed E-state index contributed by atoms with van der Waals surface area (Å²) < 4.78 is 21.9. The topological polar surface area (TPSA) is 57.9 Å². The molecule has 1 aromatic carbocycles. The lowest BCUT2D eigenvalue weighted by Crippen LogP contribution is -1.94. The molecule has 0 N–H and O–H groups in total. The molecule has 0 saturated carbocycles. The van der Waals surface area contributed by atoms with Crippen LogP contribution in [0.15, 0.2) is 17.0 Å². The van der Waals surface area contributed by atoms with E-state index in [0.717, 1.165) is 0 Å². The zero-order valence-corrected chi connectivity index (χ0v) is 9.41. The molecule has 74 valence electrons. The maximum Gasteiger partial charge on any atom is 0.261 e. The second-order valence-electron chi connectivity index (χ2n) is 2.63. The lowest BCUT2D eigenvalue weighted by atomic mass is 10.1. The zero-order chi connectivity index (χ0) is 10.9. The van der Waals surface area contributed by atoms with E-state index in [2.05, 4.69) is 0 Å². The Kier molecular flexibility index (Phi) is 3.05. The second-order valence-corrected chi connectivity index (χ2v) is 5.60. The van der Waals surface area contributed by atoms with Crippen LogP contribution in [0.25, 0.3) is 0 Å². The van der Waals surface area contributed by atoms with Gasteiger partial charge in [-0.1, -0.05) is 11.6 Å². The van der Waals surface area contributed by atoms with Gasteiger partial charge >= 0.3 is 0 Å². The molecule has 0 amide bonds. The van der Waals surface area contributed by atoms with Crippen molar-refractivity contribution in [1.29, 1.82) is 5.26 Å². The maximum absolute atomic E-state index is 11.0.